The number of nitrogens with one attached hydrogen (secondary N) is 2. The summed E-state index contributed by atoms with van der Waals surface area (Å²) in [5.41, 5.74) is 3.36. The zero-order valence-electron chi connectivity index (χ0n) is 18.0. The van der Waals surface area contributed by atoms with Gasteiger partial charge in [-0.25, -0.2) is 10.2 Å². The van der Waals surface area contributed by atoms with Crippen molar-refractivity contribution in [1.82, 2.24) is 10.7 Å². The fraction of sp³-hybridized carbons (Fsp3) is 0.0400. The molecule has 0 saturated heterocycles. The van der Waals surface area contributed by atoms with Gasteiger partial charge in [-0.3, -0.25) is 9.59 Å². The number of halogens is 2. The Morgan fingerprint density at radius 3 is 2.63 bits per heavy atom. The highest BCUT2D eigenvalue weighted by Crippen LogP contribution is 2.35. The Labute approximate surface area is 217 Å². The highest BCUT2D eigenvalue weighted by atomic mass is 79.9. The Bertz CT molecular complexity index is 1450. The van der Waals surface area contributed by atoms with Gasteiger partial charge in [0, 0.05) is 20.1 Å². The second-order valence-electron chi connectivity index (χ2n) is 7.19. The lowest BCUT2D eigenvalue weighted by atomic mass is 10.2. The summed E-state index contributed by atoms with van der Waals surface area (Å²) in [6, 6.07) is 20.9. The molecule has 0 atom stereocenters. The van der Waals surface area contributed by atoms with E-state index in [0.717, 1.165) is 14.6 Å². The predicted octanol–water partition coefficient (Wildman–Crippen LogP) is 5.42. The monoisotopic (exact) mass is 569 g/mol. The predicted molar refractivity (Wildman–Crippen MR) is 140 cm³/mol. The Hall–Kier alpha value is -3.53. The van der Waals surface area contributed by atoms with Gasteiger partial charge in [-0.2, -0.15) is 5.10 Å². The van der Waals surface area contributed by atoms with Crippen LogP contribution in [0, 0.1) is 0 Å². The van der Waals surface area contributed by atoms with E-state index in [1.54, 1.807) is 48.5 Å². The lowest BCUT2D eigenvalue weighted by Gasteiger charge is -2.05. The van der Waals surface area contributed by atoms with Crippen LogP contribution in [-0.2, 0) is 4.79 Å². The van der Waals surface area contributed by atoms with E-state index in [1.807, 2.05) is 24.3 Å². The molecule has 2 amide bonds. The minimum atomic E-state index is -0.556. The summed E-state index contributed by atoms with van der Waals surface area (Å²) >= 11 is 10.9. The second-order valence-corrected chi connectivity index (χ2v) is 9.54. The standard InChI is InChI=1S/C25H17BrClN3O4S/c26-17-7-4-6-16(12-17)24(32)28-14-21(31)30-29-13-15-5-3-8-18(11-15)34-25(33)23-22(27)19-9-1-2-10-20(19)35-23/h1-13H,14H2,(H,28,32)(H,30,31)/b29-13-. The van der Waals surface area contributed by atoms with Crippen molar-refractivity contribution in [2.45, 2.75) is 0 Å². The number of esters is 1. The summed E-state index contributed by atoms with van der Waals surface area (Å²) in [5, 5.41) is 7.57. The number of thiophene rings is 1. The zero-order valence-corrected chi connectivity index (χ0v) is 21.1. The maximum Gasteiger partial charge on any atom is 0.355 e. The molecule has 176 valence electrons. The molecule has 0 unspecified atom stereocenters. The van der Waals surface area contributed by atoms with Crippen LogP contribution in [0.3, 0.4) is 0 Å². The van der Waals surface area contributed by atoms with Gasteiger partial charge in [0.25, 0.3) is 11.8 Å². The third-order valence-electron chi connectivity index (χ3n) is 4.69. The molecule has 0 aliphatic carbocycles. The van der Waals surface area contributed by atoms with E-state index in [-0.39, 0.29) is 12.5 Å². The van der Waals surface area contributed by atoms with Crippen molar-refractivity contribution >= 4 is 73.0 Å². The van der Waals surface area contributed by atoms with E-state index < -0.39 is 11.9 Å². The average molecular weight is 571 g/mol. The summed E-state index contributed by atoms with van der Waals surface area (Å²) in [6.45, 7) is -0.240. The fourth-order valence-electron chi connectivity index (χ4n) is 3.07. The third kappa shape index (κ3) is 6.33. The lowest BCUT2D eigenvalue weighted by molar-refractivity contribution is -0.120. The summed E-state index contributed by atoms with van der Waals surface area (Å²) in [6.07, 6.45) is 1.40. The van der Waals surface area contributed by atoms with Gasteiger partial charge >= 0.3 is 5.97 Å². The van der Waals surface area contributed by atoms with Gasteiger partial charge in [-0.1, -0.05) is 63.9 Å². The molecule has 4 rings (SSSR count). The van der Waals surface area contributed by atoms with Crippen molar-refractivity contribution in [3.63, 3.8) is 0 Å². The minimum Gasteiger partial charge on any atom is -0.422 e. The van der Waals surface area contributed by atoms with Crippen molar-refractivity contribution in [2.75, 3.05) is 6.54 Å². The number of hydrogen-bond acceptors (Lipinski definition) is 6. The molecule has 2 N–H and O–H groups in total. The quantitative estimate of drug-likeness (QED) is 0.134. The number of benzene rings is 3. The molecule has 0 saturated carbocycles. The van der Waals surface area contributed by atoms with Gasteiger partial charge in [0.1, 0.15) is 10.6 Å². The molecule has 3 aromatic carbocycles. The van der Waals surface area contributed by atoms with Crippen LogP contribution in [0.2, 0.25) is 5.02 Å². The number of nitrogens with zero attached hydrogens (tertiary/aromatic N) is 1. The lowest BCUT2D eigenvalue weighted by Crippen LogP contribution is -2.34. The van der Waals surface area contributed by atoms with Crippen LogP contribution in [0.15, 0.2) is 82.4 Å². The summed E-state index contributed by atoms with van der Waals surface area (Å²) < 4.78 is 7.14. The Morgan fingerprint density at radius 1 is 1.03 bits per heavy atom. The van der Waals surface area contributed by atoms with Gasteiger partial charge in [0.15, 0.2) is 0 Å². The molecule has 0 aliphatic heterocycles. The van der Waals surface area contributed by atoms with E-state index in [2.05, 4.69) is 31.8 Å². The second kappa shape index (κ2) is 11.3. The first-order chi connectivity index (χ1) is 16.9. The highest BCUT2D eigenvalue weighted by molar-refractivity contribution is 9.10. The average Bonchev–Trinajstić information content (AvgIpc) is 3.19. The van der Waals surface area contributed by atoms with Crippen molar-refractivity contribution < 1.29 is 19.1 Å². The fourth-order valence-corrected chi connectivity index (χ4v) is 4.85. The Balaban J connectivity index is 1.31. The van der Waals surface area contributed by atoms with Gasteiger partial charge < -0.3 is 10.1 Å². The minimum absolute atomic E-state index is 0.240. The Morgan fingerprint density at radius 2 is 1.83 bits per heavy atom. The Kier molecular flexibility index (Phi) is 7.91. The van der Waals surface area contributed by atoms with Crippen molar-refractivity contribution in [3.8, 4) is 5.75 Å². The van der Waals surface area contributed by atoms with Crippen LogP contribution in [0.1, 0.15) is 25.6 Å². The molecule has 4 aromatic rings. The molecule has 0 bridgehead atoms. The SMILES string of the molecule is O=C(CNC(=O)c1cccc(Br)c1)N/N=C\c1cccc(OC(=O)c2sc3ccccc3c2Cl)c1. The van der Waals surface area contributed by atoms with Crippen LogP contribution in [0.5, 0.6) is 5.75 Å². The molecule has 0 spiro atoms. The molecule has 0 radical (unpaired) electrons. The molecule has 0 aliphatic rings. The molecule has 0 fully saturated rings. The van der Waals surface area contributed by atoms with Crippen LogP contribution >= 0.6 is 38.9 Å². The number of ether oxygens (including phenoxy) is 1. The number of amides is 2. The number of rotatable bonds is 7. The van der Waals surface area contributed by atoms with Gasteiger partial charge in [0.05, 0.1) is 17.8 Å². The topological polar surface area (TPSA) is 96.9 Å². The number of carbonyl (C=O) groups excluding carboxylic acids is 3. The van der Waals surface area contributed by atoms with E-state index in [1.165, 1.54) is 17.6 Å². The van der Waals surface area contributed by atoms with Gasteiger partial charge in [0.2, 0.25) is 0 Å². The molecule has 1 heterocycles. The van der Waals surface area contributed by atoms with Crippen molar-refractivity contribution in [1.29, 1.82) is 0 Å². The first kappa shape index (κ1) is 24.6. The first-order valence-electron chi connectivity index (χ1n) is 10.3. The maximum atomic E-state index is 12.6. The number of carbonyl (C=O) groups is 3. The molecular weight excluding hydrogens is 554 g/mol. The zero-order chi connectivity index (χ0) is 24.8. The molecule has 7 nitrogen and oxygen atoms in total. The smallest absolute Gasteiger partial charge is 0.355 e. The van der Waals surface area contributed by atoms with E-state index in [9.17, 15) is 14.4 Å². The van der Waals surface area contributed by atoms with E-state index in [4.69, 9.17) is 16.3 Å². The van der Waals surface area contributed by atoms with Crippen LogP contribution in [0.25, 0.3) is 10.1 Å². The molecule has 10 heteroatoms. The number of fused-ring (bicyclic) bond motifs is 1. The normalized spacial score (nSPS) is 10.9. The summed E-state index contributed by atoms with van der Waals surface area (Å²) in [4.78, 5) is 37.0. The van der Waals surface area contributed by atoms with Crippen LogP contribution in [-0.4, -0.2) is 30.5 Å². The van der Waals surface area contributed by atoms with Gasteiger partial charge in [-0.05, 0) is 42.0 Å². The number of hydrogen-bond donors (Lipinski definition) is 2. The molecule has 1 aromatic heterocycles. The third-order valence-corrected chi connectivity index (χ3v) is 6.84. The van der Waals surface area contributed by atoms with Gasteiger partial charge in [-0.15, -0.1) is 11.3 Å². The van der Waals surface area contributed by atoms with Crippen molar-refractivity contribution in [3.05, 3.63) is 98.3 Å². The number of hydrazone groups is 1. The van der Waals surface area contributed by atoms with E-state index >= 15 is 0 Å². The summed E-state index contributed by atoms with van der Waals surface area (Å²) in [5.74, 6) is -1.12. The van der Waals surface area contributed by atoms with E-state index in [0.29, 0.717) is 26.8 Å². The van der Waals surface area contributed by atoms with Crippen molar-refractivity contribution in [2.24, 2.45) is 5.10 Å². The maximum absolute atomic E-state index is 12.6. The highest BCUT2D eigenvalue weighted by Gasteiger charge is 2.19. The van der Waals surface area contributed by atoms with Crippen LogP contribution < -0.4 is 15.5 Å². The summed E-state index contributed by atoms with van der Waals surface area (Å²) in [7, 11) is 0. The largest absolute Gasteiger partial charge is 0.422 e. The molecular formula is C25H17BrClN3O4S. The van der Waals surface area contributed by atoms with Crippen LogP contribution in [0.4, 0.5) is 0 Å². The molecule has 35 heavy (non-hydrogen) atoms. The first-order valence-corrected chi connectivity index (χ1v) is 12.2.